The average Bonchev–Trinajstić information content (AvgIpc) is 2.96. The van der Waals surface area contributed by atoms with Crippen molar-refractivity contribution in [2.45, 2.75) is 77.3 Å². The molecule has 1 N–H and O–H groups in total. The normalized spacial score (nSPS) is 21.0. The van der Waals surface area contributed by atoms with Crippen LogP contribution in [0.2, 0.25) is 0 Å². The van der Waals surface area contributed by atoms with Crippen molar-refractivity contribution in [2.24, 2.45) is 0 Å². The van der Waals surface area contributed by atoms with Crippen LogP contribution in [0.1, 0.15) is 58.8 Å². The average molecular weight is 302 g/mol. The summed E-state index contributed by atoms with van der Waals surface area (Å²) in [6.45, 7) is 4.61. The fourth-order valence-electron chi connectivity index (χ4n) is 2.07. The molecule has 0 bridgehead atoms. The summed E-state index contributed by atoms with van der Waals surface area (Å²) in [6, 6.07) is 0. The van der Waals surface area contributed by atoms with Gasteiger partial charge in [-0.25, -0.2) is 0 Å². The molecule has 3 atom stereocenters. The van der Waals surface area contributed by atoms with Crippen molar-refractivity contribution in [2.75, 3.05) is 6.61 Å². The lowest BCUT2D eigenvalue weighted by Crippen LogP contribution is -2.36. The molecular formula is C15H26O6. The first-order valence-corrected chi connectivity index (χ1v) is 7.71. The number of hydrogen-bond acceptors (Lipinski definition) is 5. The van der Waals surface area contributed by atoms with Crippen molar-refractivity contribution >= 4 is 11.9 Å². The van der Waals surface area contributed by atoms with Gasteiger partial charge < -0.3 is 19.3 Å². The SMILES string of the molecule is CCC(C)OC(OC(=O)CCCCC(=O)O)C1CCCO1. The summed E-state index contributed by atoms with van der Waals surface area (Å²) < 4.78 is 16.7. The van der Waals surface area contributed by atoms with Gasteiger partial charge >= 0.3 is 11.9 Å². The lowest BCUT2D eigenvalue weighted by atomic mass is 10.2. The Labute approximate surface area is 125 Å². The number of hydrogen-bond donors (Lipinski definition) is 1. The molecule has 0 spiro atoms. The van der Waals surface area contributed by atoms with Crippen molar-refractivity contribution in [1.82, 2.24) is 0 Å². The van der Waals surface area contributed by atoms with Crippen molar-refractivity contribution in [3.8, 4) is 0 Å². The zero-order valence-corrected chi connectivity index (χ0v) is 12.9. The number of aliphatic carboxylic acids is 1. The van der Waals surface area contributed by atoms with Gasteiger partial charge in [-0.1, -0.05) is 6.92 Å². The second-order valence-electron chi connectivity index (χ2n) is 5.37. The van der Waals surface area contributed by atoms with Crippen molar-refractivity contribution < 1.29 is 28.9 Å². The van der Waals surface area contributed by atoms with Crippen molar-refractivity contribution in [1.29, 1.82) is 0 Å². The molecule has 1 aliphatic rings. The minimum atomic E-state index is -0.847. The molecular weight excluding hydrogens is 276 g/mol. The molecule has 21 heavy (non-hydrogen) atoms. The van der Waals surface area contributed by atoms with Gasteiger partial charge in [-0.3, -0.25) is 9.59 Å². The Bertz CT molecular complexity index is 324. The van der Waals surface area contributed by atoms with Gasteiger partial charge in [0, 0.05) is 19.4 Å². The Morgan fingerprint density at radius 1 is 1.33 bits per heavy atom. The van der Waals surface area contributed by atoms with E-state index in [-0.39, 0.29) is 31.0 Å². The summed E-state index contributed by atoms with van der Waals surface area (Å²) in [4.78, 5) is 22.2. The minimum absolute atomic E-state index is 0.000916. The lowest BCUT2D eigenvalue weighted by molar-refractivity contribution is -0.216. The largest absolute Gasteiger partial charge is 0.481 e. The van der Waals surface area contributed by atoms with Crippen LogP contribution in [0.3, 0.4) is 0 Å². The van der Waals surface area contributed by atoms with E-state index in [0.29, 0.717) is 19.4 Å². The molecule has 1 fully saturated rings. The highest BCUT2D eigenvalue weighted by Crippen LogP contribution is 2.21. The van der Waals surface area contributed by atoms with E-state index in [0.717, 1.165) is 19.3 Å². The highest BCUT2D eigenvalue weighted by atomic mass is 16.7. The number of carboxylic acid groups (broad SMARTS) is 1. The Balaban J connectivity index is 2.36. The van der Waals surface area contributed by atoms with Crippen LogP contribution < -0.4 is 0 Å². The molecule has 1 aliphatic heterocycles. The second-order valence-corrected chi connectivity index (χ2v) is 5.37. The van der Waals surface area contributed by atoms with E-state index in [9.17, 15) is 9.59 Å². The molecule has 1 rings (SSSR count). The maximum Gasteiger partial charge on any atom is 0.308 e. The standard InChI is InChI=1S/C15H26O6/c1-3-11(2)20-15(12-7-6-10-19-12)21-14(18)9-5-4-8-13(16)17/h11-12,15H,3-10H2,1-2H3,(H,16,17). The van der Waals surface area contributed by atoms with E-state index in [1.165, 1.54) is 0 Å². The number of carbonyl (C=O) groups is 2. The monoisotopic (exact) mass is 302 g/mol. The smallest absolute Gasteiger partial charge is 0.308 e. The third-order valence-corrected chi connectivity index (χ3v) is 3.48. The van der Waals surface area contributed by atoms with Crippen molar-refractivity contribution in [3.05, 3.63) is 0 Å². The van der Waals surface area contributed by atoms with Crippen LogP contribution in [0.25, 0.3) is 0 Å². The van der Waals surface area contributed by atoms with Crippen LogP contribution in [0.4, 0.5) is 0 Å². The molecule has 0 amide bonds. The molecule has 1 saturated heterocycles. The van der Waals surface area contributed by atoms with E-state index < -0.39 is 12.3 Å². The molecule has 0 aromatic rings. The summed E-state index contributed by atoms with van der Waals surface area (Å²) in [5.74, 6) is -1.20. The molecule has 0 saturated carbocycles. The summed E-state index contributed by atoms with van der Waals surface area (Å²) in [6.07, 6.45) is 3.02. The van der Waals surface area contributed by atoms with Gasteiger partial charge in [0.15, 0.2) is 0 Å². The van der Waals surface area contributed by atoms with E-state index in [4.69, 9.17) is 19.3 Å². The Kier molecular flexibility index (Phi) is 8.30. The van der Waals surface area contributed by atoms with Gasteiger partial charge in [-0.2, -0.15) is 0 Å². The number of unbranched alkanes of at least 4 members (excludes halogenated alkanes) is 1. The number of carbonyl (C=O) groups excluding carboxylic acids is 1. The predicted molar refractivity (Wildman–Crippen MR) is 75.8 cm³/mol. The summed E-state index contributed by atoms with van der Waals surface area (Å²) >= 11 is 0. The number of rotatable bonds is 10. The van der Waals surface area contributed by atoms with Crippen LogP contribution in [-0.4, -0.2) is 42.1 Å². The van der Waals surface area contributed by atoms with Gasteiger partial charge in [0.05, 0.1) is 6.10 Å². The van der Waals surface area contributed by atoms with Crippen LogP contribution >= 0.6 is 0 Å². The highest BCUT2D eigenvalue weighted by molar-refractivity contribution is 5.70. The fraction of sp³-hybridized carbons (Fsp3) is 0.867. The molecule has 0 aromatic heterocycles. The first-order valence-electron chi connectivity index (χ1n) is 7.71. The zero-order valence-electron chi connectivity index (χ0n) is 12.9. The van der Waals surface area contributed by atoms with Crippen LogP contribution in [0.15, 0.2) is 0 Å². The third kappa shape index (κ3) is 7.43. The van der Waals surface area contributed by atoms with E-state index in [1.54, 1.807) is 0 Å². The quantitative estimate of drug-likeness (QED) is 0.379. The molecule has 3 unspecified atom stereocenters. The van der Waals surface area contributed by atoms with Crippen molar-refractivity contribution in [3.63, 3.8) is 0 Å². The Morgan fingerprint density at radius 2 is 2.05 bits per heavy atom. The lowest BCUT2D eigenvalue weighted by Gasteiger charge is -2.26. The molecule has 6 nitrogen and oxygen atoms in total. The van der Waals surface area contributed by atoms with Gasteiger partial charge in [-0.05, 0) is 39.0 Å². The first-order chi connectivity index (χ1) is 10.0. The number of carboxylic acids is 1. The first kappa shape index (κ1) is 17.9. The molecule has 122 valence electrons. The second kappa shape index (κ2) is 9.73. The van der Waals surface area contributed by atoms with E-state index >= 15 is 0 Å². The third-order valence-electron chi connectivity index (χ3n) is 3.48. The van der Waals surface area contributed by atoms with E-state index in [1.807, 2.05) is 13.8 Å². The predicted octanol–water partition coefficient (Wildman–Crippen LogP) is 2.49. The van der Waals surface area contributed by atoms with Crippen LogP contribution in [0, 0.1) is 0 Å². The maximum absolute atomic E-state index is 11.8. The molecule has 0 radical (unpaired) electrons. The van der Waals surface area contributed by atoms with E-state index in [2.05, 4.69) is 0 Å². The van der Waals surface area contributed by atoms with Gasteiger partial charge in [-0.15, -0.1) is 0 Å². The fourth-order valence-corrected chi connectivity index (χ4v) is 2.07. The Hall–Kier alpha value is -1.14. The van der Waals surface area contributed by atoms with Gasteiger partial charge in [0.2, 0.25) is 6.29 Å². The highest BCUT2D eigenvalue weighted by Gasteiger charge is 2.31. The summed E-state index contributed by atoms with van der Waals surface area (Å²) in [5, 5.41) is 8.54. The minimum Gasteiger partial charge on any atom is -0.481 e. The van der Waals surface area contributed by atoms with Crippen LogP contribution in [-0.2, 0) is 23.8 Å². The molecule has 1 heterocycles. The van der Waals surface area contributed by atoms with Gasteiger partial charge in [0.1, 0.15) is 6.10 Å². The van der Waals surface area contributed by atoms with Gasteiger partial charge in [0.25, 0.3) is 0 Å². The summed E-state index contributed by atoms with van der Waals surface area (Å²) in [7, 11) is 0. The topological polar surface area (TPSA) is 82.1 Å². The van der Waals surface area contributed by atoms with Crippen LogP contribution in [0.5, 0.6) is 0 Å². The molecule has 0 aliphatic carbocycles. The molecule has 0 aromatic carbocycles. The maximum atomic E-state index is 11.8. The number of ether oxygens (including phenoxy) is 3. The number of esters is 1. The zero-order chi connectivity index (χ0) is 15.7. The molecule has 6 heteroatoms. The summed E-state index contributed by atoms with van der Waals surface area (Å²) in [5.41, 5.74) is 0. The Morgan fingerprint density at radius 3 is 2.62 bits per heavy atom.